The van der Waals surface area contributed by atoms with Crippen molar-refractivity contribution in [3.05, 3.63) is 70.3 Å². The summed E-state index contributed by atoms with van der Waals surface area (Å²) in [4.78, 5) is -0.887. The van der Waals surface area contributed by atoms with Gasteiger partial charge >= 0.3 is 0 Å². The molecule has 0 amide bonds. The molecule has 0 heterocycles. The standard InChI is InChI=1S/C14H9BrF4/c1-7-3-2-4-8(14(7)19)13(15)9-5-11(17)12(18)6-10(9)16/h2-6,13H,1H3. The third kappa shape index (κ3) is 2.66. The fourth-order valence-electron chi connectivity index (χ4n) is 1.77. The van der Waals surface area contributed by atoms with E-state index in [2.05, 4.69) is 15.9 Å². The van der Waals surface area contributed by atoms with E-state index < -0.39 is 28.1 Å². The minimum atomic E-state index is -1.27. The summed E-state index contributed by atoms with van der Waals surface area (Å²) < 4.78 is 53.6. The lowest BCUT2D eigenvalue weighted by molar-refractivity contribution is 0.490. The topological polar surface area (TPSA) is 0 Å². The number of aryl methyl sites for hydroxylation is 1. The first-order valence-electron chi connectivity index (χ1n) is 5.45. The SMILES string of the molecule is Cc1cccc(C(Br)c2cc(F)c(F)cc2F)c1F. The van der Waals surface area contributed by atoms with Gasteiger partial charge in [0.25, 0.3) is 0 Å². The van der Waals surface area contributed by atoms with Crippen LogP contribution in [0.2, 0.25) is 0 Å². The van der Waals surface area contributed by atoms with Crippen LogP contribution in [0.25, 0.3) is 0 Å². The lowest BCUT2D eigenvalue weighted by atomic mass is 10.0. The summed E-state index contributed by atoms with van der Waals surface area (Å²) in [5.41, 5.74) is 0.415. The number of halogens is 5. The van der Waals surface area contributed by atoms with E-state index in [1.165, 1.54) is 6.07 Å². The Morgan fingerprint density at radius 3 is 2.21 bits per heavy atom. The molecule has 0 saturated carbocycles. The molecule has 0 saturated heterocycles. The molecular weight excluding hydrogens is 324 g/mol. The van der Waals surface area contributed by atoms with Gasteiger partial charge in [-0.05, 0) is 18.6 Å². The van der Waals surface area contributed by atoms with Gasteiger partial charge in [0.05, 0.1) is 4.83 Å². The molecular formula is C14H9BrF4. The molecule has 5 heteroatoms. The molecule has 0 aliphatic carbocycles. The zero-order valence-corrected chi connectivity index (χ0v) is 11.4. The molecule has 1 atom stereocenters. The van der Waals surface area contributed by atoms with Crippen LogP contribution in [-0.2, 0) is 0 Å². The molecule has 2 aromatic carbocycles. The zero-order chi connectivity index (χ0) is 14.2. The molecule has 100 valence electrons. The smallest absolute Gasteiger partial charge is 0.161 e. The van der Waals surface area contributed by atoms with Gasteiger partial charge in [-0.1, -0.05) is 34.1 Å². The molecule has 0 aromatic heterocycles. The minimum absolute atomic E-state index is 0.150. The summed E-state index contributed by atoms with van der Waals surface area (Å²) >= 11 is 3.12. The third-order valence-electron chi connectivity index (χ3n) is 2.81. The zero-order valence-electron chi connectivity index (χ0n) is 9.85. The van der Waals surface area contributed by atoms with E-state index in [0.29, 0.717) is 11.6 Å². The Labute approximate surface area is 116 Å². The molecule has 0 radical (unpaired) electrons. The van der Waals surface area contributed by atoms with Gasteiger partial charge in [-0.15, -0.1) is 0 Å². The molecule has 2 aromatic rings. The second kappa shape index (κ2) is 5.33. The highest BCUT2D eigenvalue weighted by Crippen LogP contribution is 2.35. The lowest BCUT2D eigenvalue weighted by Gasteiger charge is -2.14. The fraction of sp³-hybridized carbons (Fsp3) is 0.143. The van der Waals surface area contributed by atoms with Gasteiger partial charge in [0, 0.05) is 17.2 Å². The number of rotatable bonds is 2. The molecule has 0 aliphatic heterocycles. The molecule has 2 rings (SSSR count). The van der Waals surface area contributed by atoms with Crippen LogP contribution in [-0.4, -0.2) is 0 Å². The molecule has 0 N–H and O–H groups in total. The van der Waals surface area contributed by atoms with E-state index in [0.717, 1.165) is 6.07 Å². The summed E-state index contributed by atoms with van der Waals surface area (Å²) in [7, 11) is 0. The number of hydrogen-bond donors (Lipinski definition) is 0. The van der Waals surface area contributed by atoms with Crippen molar-refractivity contribution in [1.82, 2.24) is 0 Å². The van der Waals surface area contributed by atoms with Crippen molar-refractivity contribution in [1.29, 1.82) is 0 Å². The van der Waals surface area contributed by atoms with Crippen LogP contribution in [0.5, 0.6) is 0 Å². The minimum Gasteiger partial charge on any atom is -0.207 e. The molecule has 0 nitrogen and oxygen atoms in total. The van der Waals surface area contributed by atoms with Gasteiger partial charge in [0.1, 0.15) is 11.6 Å². The van der Waals surface area contributed by atoms with E-state index in [1.807, 2.05) is 0 Å². The first kappa shape index (κ1) is 14.1. The van der Waals surface area contributed by atoms with E-state index >= 15 is 0 Å². The maximum Gasteiger partial charge on any atom is 0.161 e. The highest BCUT2D eigenvalue weighted by Gasteiger charge is 2.21. The van der Waals surface area contributed by atoms with Gasteiger partial charge in [0.2, 0.25) is 0 Å². The molecule has 0 bridgehead atoms. The number of alkyl halides is 1. The Bertz CT molecular complexity index is 625. The monoisotopic (exact) mass is 332 g/mol. The van der Waals surface area contributed by atoms with Crippen LogP contribution in [0, 0.1) is 30.2 Å². The van der Waals surface area contributed by atoms with E-state index in [1.54, 1.807) is 19.1 Å². The predicted molar refractivity (Wildman–Crippen MR) is 68.2 cm³/mol. The van der Waals surface area contributed by atoms with Gasteiger partial charge in [0.15, 0.2) is 11.6 Å². The number of benzene rings is 2. The lowest BCUT2D eigenvalue weighted by Crippen LogP contribution is -2.03. The molecule has 0 fully saturated rings. The Morgan fingerprint density at radius 1 is 0.895 bits per heavy atom. The summed E-state index contributed by atoms with van der Waals surface area (Å²) in [6, 6.07) is 5.82. The highest BCUT2D eigenvalue weighted by atomic mass is 79.9. The van der Waals surface area contributed by atoms with E-state index in [-0.39, 0.29) is 11.1 Å². The first-order chi connectivity index (χ1) is 8.91. The van der Waals surface area contributed by atoms with Gasteiger partial charge < -0.3 is 0 Å². The van der Waals surface area contributed by atoms with Crippen molar-refractivity contribution in [3.8, 4) is 0 Å². The quantitative estimate of drug-likeness (QED) is 0.411. The second-order valence-electron chi connectivity index (χ2n) is 4.13. The second-order valence-corrected chi connectivity index (χ2v) is 5.04. The van der Waals surface area contributed by atoms with E-state index in [9.17, 15) is 17.6 Å². The summed E-state index contributed by atoms with van der Waals surface area (Å²) in [6.45, 7) is 1.57. The van der Waals surface area contributed by atoms with Crippen molar-refractivity contribution in [2.45, 2.75) is 11.8 Å². The van der Waals surface area contributed by atoms with Crippen LogP contribution in [0.4, 0.5) is 17.6 Å². The van der Waals surface area contributed by atoms with Gasteiger partial charge in [-0.3, -0.25) is 0 Å². The number of hydrogen-bond acceptors (Lipinski definition) is 0. The van der Waals surface area contributed by atoms with Crippen LogP contribution in [0.3, 0.4) is 0 Å². The highest BCUT2D eigenvalue weighted by molar-refractivity contribution is 9.09. The average Bonchev–Trinajstić information content (AvgIpc) is 2.36. The largest absolute Gasteiger partial charge is 0.207 e. The molecule has 1 unspecified atom stereocenters. The first-order valence-corrected chi connectivity index (χ1v) is 6.37. The van der Waals surface area contributed by atoms with Crippen LogP contribution >= 0.6 is 15.9 Å². The van der Waals surface area contributed by atoms with Crippen molar-refractivity contribution >= 4 is 15.9 Å². The predicted octanol–water partition coefficient (Wildman–Crippen LogP) is 5.04. The van der Waals surface area contributed by atoms with Crippen LogP contribution in [0.15, 0.2) is 30.3 Å². The molecule has 19 heavy (non-hydrogen) atoms. The average molecular weight is 333 g/mol. The maximum atomic E-state index is 13.9. The Hall–Kier alpha value is -1.36. The normalized spacial score (nSPS) is 12.5. The van der Waals surface area contributed by atoms with Crippen molar-refractivity contribution in [2.75, 3.05) is 0 Å². The fourth-order valence-corrected chi connectivity index (χ4v) is 2.47. The summed E-state index contributed by atoms with van der Waals surface area (Å²) in [5.74, 6) is -3.88. The van der Waals surface area contributed by atoms with Crippen molar-refractivity contribution < 1.29 is 17.6 Å². The van der Waals surface area contributed by atoms with Gasteiger partial charge in [-0.25, -0.2) is 17.6 Å². The van der Waals surface area contributed by atoms with Crippen LogP contribution in [0.1, 0.15) is 21.5 Å². The third-order valence-corrected chi connectivity index (χ3v) is 3.79. The Kier molecular flexibility index (Phi) is 3.94. The molecule has 0 aliphatic rings. The van der Waals surface area contributed by atoms with Crippen LogP contribution < -0.4 is 0 Å². The van der Waals surface area contributed by atoms with Crippen molar-refractivity contribution in [3.63, 3.8) is 0 Å². The summed E-state index contributed by atoms with van der Waals surface area (Å²) in [6.07, 6.45) is 0. The maximum absolute atomic E-state index is 13.9. The summed E-state index contributed by atoms with van der Waals surface area (Å²) in [5, 5.41) is 0. The molecule has 0 spiro atoms. The van der Waals surface area contributed by atoms with E-state index in [4.69, 9.17) is 0 Å². The Balaban J connectivity index is 2.53. The van der Waals surface area contributed by atoms with Gasteiger partial charge in [-0.2, -0.15) is 0 Å². The Morgan fingerprint density at radius 2 is 1.53 bits per heavy atom. The van der Waals surface area contributed by atoms with Crippen molar-refractivity contribution in [2.24, 2.45) is 0 Å².